The van der Waals surface area contributed by atoms with Crippen LogP contribution in [-0.2, 0) is 6.42 Å². The van der Waals surface area contributed by atoms with Crippen molar-refractivity contribution < 1.29 is 0 Å². The fourth-order valence-corrected chi connectivity index (χ4v) is 2.45. The molecule has 14 heavy (non-hydrogen) atoms. The van der Waals surface area contributed by atoms with Crippen molar-refractivity contribution in [2.24, 2.45) is 5.92 Å². The predicted molar refractivity (Wildman–Crippen MR) is 61.7 cm³/mol. The first-order chi connectivity index (χ1) is 6.84. The van der Waals surface area contributed by atoms with Crippen molar-refractivity contribution in [2.45, 2.75) is 38.5 Å². The highest BCUT2D eigenvalue weighted by Gasteiger charge is 2.14. The lowest BCUT2D eigenvalue weighted by atomic mass is 9.98. The van der Waals surface area contributed by atoms with Crippen LogP contribution in [0.5, 0.6) is 0 Å². The molecule has 2 rings (SSSR count). The summed E-state index contributed by atoms with van der Waals surface area (Å²) in [6, 6.07) is 8.28. The van der Waals surface area contributed by atoms with Gasteiger partial charge in [0.15, 0.2) is 0 Å². The van der Waals surface area contributed by atoms with Gasteiger partial charge in [0.25, 0.3) is 0 Å². The van der Waals surface area contributed by atoms with E-state index in [1.807, 2.05) is 12.1 Å². The van der Waals surface area contributed by atoms with Crippen LogP contribution >= 0.6 is 11.6 Å². The quantitative estimate of drug-likeness (QED) is 0.688. The topological polar surface area (TPSA) is 0 Å². The molecular formula is C13H17Cl. The van der Waals surface area contributed by atoms with E-state index in [0.29, 0.717) is 0 Å². The van der Waals surface area contributed by atoms with Gasteiger partial charge in [-0.15, -0.1) is 0 Å². The van der Waals surface area contributed by atoms with E-state index in [-0.39, 0.29) is 0 Å². The molecule has 1 heteroatoms. The van der Waals surface area contributed by atoms with Gasteiger partial charge in [-0.2, -0.15) is 0 Å². The van der Waals surface area contributed by atoms with E-state index < -0.39 is 0 Å². The number of hydrogen-bond donors (Lipinski definition) is 0. The van der Waals surface area contributed by atoms with Gasteiger partial charge in [0.2, 0.25) is 0 Å². The maximum atomic E-state index is 5.84. The number of benzene rings is 1. The van der Waals surface area contributed by atoms with E-state index in [9.17, 15) is 0 Å². The standard InChI is InChI=1S/C13H17Cl/c14-13-9-7-12(8-10-13)6-5-11-3-1-2-4-11/h7-11H,1-6H2. The van der Waals surface area contributed by atoms with Crippen LogP contribution in [-0.4, -0.2) is 0 Å². The van der Waals surface area contributed by atoms with Crippen LogP contribution in [0.3, 0.4) is 0 Å². The van der Waals surface area contributed by atoms with E-state index in [1.165, 1.54) is 44.1 Å². The number of rotatable bonds is 3. The minimum Gasteiger partial charge on any atom is -0.0843 e. The molecule has 76 valence electrons. The third-order valence-corrected chi connectivity index (χ3v) is 3.48. The summed E-state index contributed by atoms with van der Waals surface area (Å²) in [4.78, 5) is 0. The van der Waals surface area contributed by atoms with Crippen molar-refractivity contribution in [3.63, 3.8) is 0 Å². The highest BCUT2D eigenvalue weighted by atomic mass is 35.5. The first-order valence-corrected chi connectivity index (χ1v) is 5.97. The monoisotopic (exact) mass is 208 g/mol. The number of hydrogen-bond acceptors (Lipinski definition) is 0. The number of aryl methyl sites for hydroxylation is 1. The van der Waals surface area contributed by atoms with Crippen LogP contribution < -0.4 is 0 Å². The van der Waals surface area contributed by atoms with Gasteiger partial charge in [-0.25, -0.2) is 0 Å². The van der Waals surface area contributed by atoms with E-state index in [2.05, 4.69) is 12.1 Å². The molecule has 0 bridgehead atoms. The highest BCUT2D eigenvalue weighted by molar-refractivity contribution is 6.30. The van der Waals surface area contributed by atoms with Gasteiger partial charge >= 0.3 is 0 Å². The maximum absolute atomic E-state index is 5.84. The molecule has 1 aliphatic rings. The summed E-state index contributed by atoms with van der Waals surface area (Å²) in [6.07, 6.45) is 8.39. The summed E-state index contributed by atoms with van der Waals surface area (Å²) in [7, 11) is 0. The minimum absolute atomic E-state index is 0.842. The van der Waals surface area contributed by atoms with Crippen LogP contribution in [0.4, 0.5) is 0 Å². The average molecular weight is 209 g/mol. The summed E-state index contributed by atoms with van der Waals surface area (Å²) >= 11 is 5.84. The van der Waals surface area contributed by atoms with Gasteiger partial charge in [-0.05, 0) is 36.5 Å². The van der Waals surface area contributed by atoms with Crippen molar-refractivity contribution >= 4 is 11.6 Å². The van der Waals surface area contributed by atoms with Gasteiger partial charge in [0.1, 0.15) is 0 Å². The van der Waals surface area contributed by atoms with E-state index in [4.69, 9.17) is 11.6 Å². The molecule has 0 aliphatic heterocycles. The molecule has 0 aromatic heterocycles. The summed E-state index contributed by atoms with van der Waals surface area (Å²) in [5.74, 6) is 0.991. The maximum Gasteiger partial charge on any atom is 0.0406 e. The fraction of sp³-hybridized carbons (Fsp3) is 0.538. The molecule has 0 radical (unpaired) electrons. The molecule has 1 aliphatic carbocycles. The summed E-state index contributed by atoms with van der Waals surface area (Å²) < 4.78 is 0. The summed E-state index contributed by atoms with van der Waals surface area (Å²) in [5, 5.41) is 0.842. The molecule has 1 aromatic carbocycles. The van der Waals surface area contributed by atoms with Gasteiger partial charge in [-0.3, -0.25) is 0 Å². The first-order valence-electron chi connectivity index (χ1n) is 5.59. The third kappa shape index (κ3) is 2.75. The average Bonchev–Trinajstić information content (AvgIpc) is 2.70. The second-order valence-electron chi connectivity index (χ2n) is 4.32. The van der Waals surface area contributed by atoms with E-state index in [0.717, 1.165) is 10.9 Å². The molecule has 0 unspecified atom stereocenters. The Kier molecular flexibility index (Phi) is 3.47. The molecule has 1 saturated carbocycles. The van der Waals surface area contributed by atoms with Crippen molar-refractivity contribution in [3.8, 4) is 0 Å². The number of halogens is 1. The van der Waals surface area contributed by atoms with E-state index in [1.54, 1.807) is 0 Å². The van der Waals surface area contributed by atoms with Crippen LogP contribution in [0.15, 0.2) is 24.3 Å². The summed E-state index contributed by atoms with van der Waals surface area (Å²) in [6.45, 7) is 0. The third-order valence-electron chi connectivity index (χ3n) is 3.23. The van der Waals surface area contributed by atoms with Gasteiger partial charge < -0.3 is 0 Å². The van der Waals surface area contributed by atoms with Gasteiger partial charge in [0.05, 0.1) is 0 Å². The summed E-state index contributed by atoms with van der Waals surface area (Å²) in [5.41, 5.74) is 1.43. The Labute approximate surface area is 91.3 Å². The molecule has 0 atom stereocenters. The Morgan fingerprint density at radius 1 is 1.07 bits per heavy atom. The Balaban J connectivity index is 1.82. The van der Waals surface area contributed by atoms with Crippen LogP contribution in [0.1, 0.15) is 37.7 Å². The first kappa shape index (κ1) is 10.0. The van der Waals surface area contributed by atoms with E-state index >= 15 is 0 Å². The zero-order valence-electron chi connectivity index (χ0n) is 8.51. The van der Waals surface area contributed by atoms with Crippen LogP contribution in [0, 0.1) is 5.92 Å². The van der Waals surface area contributed by atoms with Crippen LogP contribution in [0.25, 0.3) is 0 Å². The molecular weight excluding hydrogens is 192 g/mol. The van der Waals surface area contributed by atoms with Gasteiger partial charge in [-0.1, -0.05) is 49.4 Å². The zero-order valence-corrected chi connectivity index (χ0v) is 9.26. The van der Waals surface area contributed by atoms with Crippen LogP contribution in [0.2, 0.25) is 5.02 Å². The molecule has 1 fully saturated rings. The molecule has 0 nitrogen and oxygen atoms in total. The fourth-order valence-electron chi connectivity index (χ4n) is 2.32. The SMILES string of the molecule is Clc1ccc(CCC2CCCC2)cc1. The van der Waals surface area contributed by atoms with Crippen molar-refractivity contribution in [1.29, 1.82) is 0 Å². The van der Waals surface area contributed by atoms with Crippen molar-refractivity contribution in [2.75, 3.05) is 0 Å². The lowest BCUT2D eigenvalue weighted by Gasteiger charge is -2.08. The zero-order chi connectivity index (χ0) is 9.80. The lowest BCUT2D eigenvalue weighted by molar-refractivity contribution is 0.504. The Morgan fingerprint density at radius 2 is 1.71 bits per heavy atom. The second kappa shape index (κ2) is 4.84. The Morgan fingerprint density at radius 3 is 2.36 bits per heavy atom. The van der Waals surface area contributed by atoms with Crippen molar-refractivity contribution in [3.05, 3.63) is 34.9 Å². The predicted octanol–water partition coefficient (Wildman–Crippen LogP) is 4.46. The lowest BCUT2D eigenvalue weighted by Crippen LogP contribution is -1.95. The van der Waals surface area contributed by atoms with Crippen molar-refractivity contribution in [1.82, 2.24) is 0 Å². The largest absolute Gasteiger partial charge is 0.0843 e. The molecule has 0 spiro atoms. The molecule has 1 aromatic rings. The molecule has 0 N–H and O–H groups in total. The van der Waals surface area contributed by atoms with Gasteiger partial charge in [0, 0.05) is 5.02 Å². The molecule has 0 amide bonds. The second-order valence-corrected chi connectivity index (χ2v) is 4.75. The molecule has 0 heterocycles. The minimum atomic E-state index is 0.842. The normalized spacial score (nSPS) is 17.5. The molecule has 0 saturated heterocycles. The smallest absolute Gasteiger partial charge is 0.0406 e. The Hall–Kier alpha value is -0.490. The Bertz CT molecular complexity index is 270. The highest BCUT2D eigenvalue weighted by Crippen LogP contribution is 2.28.